The van der Waals surface area contributed by atoms with Gasteiger partial charge in [-0.05, 0) is 31.4 Å². The molecule has 1 aliphatic heterocycles. The van der Waals surface area contributed by atoms with E-state index in [0.29, 0.717) is 0 Å². The summed E-state index contributed by atoms with van der Waals surface area (Å²) >= 11 is 3.82. The molecule has 0 bridgehead atoms. The van der Waals surface area contributed by atoms with Gasteiger partial charge in [0.15, 0.2) is 0 Å². The summed E-state index contributed by atoms with van der Waals surface area (Å²) in [4.78, 5) is 4.43. The molecule has 2 nitrogen and oxygen atoms in total. The van der Waals surface area contributed by atoms with Crippen LogP contribution in [0, 0.1) is 0 Å². The van der Waals surface area contributed by atoms with Gasteiger partial charge in [0.25, 0.3) is 0 Å². The predicted octanol–water partition coefficient (Wildman–Crippen LogP) is 2.08. The van der Waals surface area contributed by atoms with E-state index in [2.05, 4.69) is 22.7 Å². The molecule has 72 valence electrons. The average molecular weight is 214 g/mol. The van der Waals surface area contributed by atoms with Crippen molar-refractivity contribution in [3.63, 3.8) is 0 Å². The maximum atomic E-state index is 4.43. The standard InChI is InChI=1S/C9H14N2S2/c1-10-9(2-5-12-6-3-9)8-11-4-7-13-8/h4,7,10H,2-3,5-6H2,1H3. The minimum atomic E-state index is 0.180. The molecule has 1 saturated heterocycles. The third kappa shape index (κ3) is 1.75. The number of thiazole rings is 1. The van der Waals surface area contributed by atoms with Gasteiger partial charge in [0.05, 0.1) is 5.54 Å². The Labute approximate surface area is 87.1 Å². The average Bonchev–Trinajstić information content (AvgIpc) is 2.72. The van der Waals surface area contributed by atoms with Crippen LogP contribution in [-0.4, -0.2) is 23.5 Å². The lowest BCUT2D eigenvalue weighted by molar-refractivity contribution is 0.332. The highest BCUT2D eigenvalue weighted by molar-refractivity contribution is 7.99. The second kappa shape index (κ2) is 3.98. The smallest absolute Gasteiger partial charge is 0.113 e. The van der Waals surface area contributed by atoms with Crippen LogP contribution in [0.5, 0.6) is 0 Å². The lowest BCUT2D eigenvalue weighted by Gasteiger charge is -2.34. The first kappa shape index (κ1) is 9.49. The molecule has 0 aliphatic carbocycles. The molecule has 1 aliphatic rings. The Hall–Kier alpha value is -0.0600. The molecule has 13 heavy (non-hydrogen) atoms. The van der Waals surface area contributed by atoms with Crippen molar-refractivity contribution in [2.24, 2.45) is 0 Å². The van der Waals surface area contributed by atoms with Gasteiger partial charge in [0, 0.05) is 11.6 Å². The van der Waals surface area contributed by atoms with E-state index in [0.717, 1.165) is 0 Å². The molecule has 1 N–H and O–H groups in total. The molecular formula is C9H14N2S2. The molecular weight excluding hydrogens is 200 g/mol. The molecule has 0 aromatic carbocycles. The van der Waals surface area contributed by atoms with Gasteiger partial charge in [0.2, 0.25) is 0 Å². The molecule has 0 spiro atoms. The molecule has 2 heterocycles. The summed E-state index contributed by atoms with van der Waals surface area (Å²) in [5.41, 5.74) is 0.180. The van der Waals surface area contributed by atoms with E-state index in [1.165, 1.54) is 29.4 Å². The normalized spacial score (nSPS) is 21.6. The number of hydrogen-bond acceptors (Lipinski definition) is 4. The lowest BCUT2D eigenvalue weighted by atomic mass is 9.93. The zero-order valence-corrected chi connectivity index (χ0v) is 9.38. The molecule has 0 atom stereocenters. The van der Waals surface area contributed by atoms with Crippen LogP contribution in [-0.2, 0) is 5.54 Å². The van der Waals surface area contributed by atoms with E-state index in [9.17, 15) is 0 Å². The Bertz CT molecular complexity index is 253. The van der Waals surface area contributed by atoms with Crippen LogP contribution in [0.25, 0.3) is 0 Å². The van der Waals surface area contributed by atoms with Gasteiger partial charge in [-0.2, -0.15) is 11.8 Å². The van der Waals surface area contributed by atoms with Gasteiger partial charge in [-0.25, -0.2) is 4.98 Å². The van der Waals surface area contributed by atoms with Gasteiger partial charge in [0.1, 0.15) is 5.01 Å². The fourth-order valence-corrected chi connectivity index (χ4v) is 3.84. The summed E-state index contributed by atoms with van der Waals surface area (Å²) in [5.74, 6) is 2.50. The van der Waals surface area contributed by atoms with Gasteiger partial charge in [-0.15, -0.1) is 11.3 Å². The van der Waals surface area contributed by atoms with Crippen LogP contribution in [0.3, 0.4) is 0 Å². The topological polar surface area (TPSA) is 24.9 Å². The first-order valence-electron chi connectivity index (χ1n) is 4.54. The highest BCUT2D eigenvalue weighted by Gasteiger charge is 2.34. The number of nitrogens with zero attached hydrogens (tertiary/aromatic N) is 1. The van der Waals surface area contributed by atoms with E-state index >= 15 is 0 Å². The van der Waals surface area contributed by atoms with E-state index < -0.39 is 0 Å². The van der Waals surface area contributed by atoms with Crippen molar-refractivity contribution in [2.45, 2.75) is 18.4 Å². The Morgan fingerprint density at radius 2 is 2.23 bits per heavy atom. The highest BCUT2D eigenvalue weighted by atomic mass is 32.2. The zero-order valence-electron chi connectivity index (χ0n) is 7.75. The summed E-state index contributed by atoms with van der Waals surface area (Å²) in [6, 6.07) is 0. The third-order valence-corrected chi connectivity index (χ3v) is 4.63. The van der Waals surface area contributed by atoms with Gasteiger partial charge < -0.3 is 5.32 Å². The van der Waals surface area contributed by atoms with E-state index in [1.54, 1.807) is 11.3 Å². The van der Waals surface area contributed by atoms with Crippen LogP contribution < -0.4 is 5.32 Å². The largest absolute Gasteiger partial charge is 0.308 e. The monoisotopic (exact) mass is 214 g/mol. The Balaban J connectivity index is 2.23. The Kier molecular flexibility index (Phi) is 2.91. The van der Waals surface area contributed by atoms with Crippen molar-refractivity contribution < 1.29 is 0 Å². The maximum Gasteiger partial charge on any atom is 0.113 e. The van der Waals surface area contributed by atoms with Crippen LogP contribution in [0.4, 0.5) is 0 Å². The second-order valence-corrected chi connectivity index (χ2v) is 5.40. The van der Waals surface area contributed by atoms with Gasteiger partial charge >= 0.3 is 0 Å². The van der Waals surface area contributed by atoms with E-state index in [-0.39, 0.29) is 5.54 Å². The summed E-state index contributed by atoms with van der Waals surface area (Å²) in [7, 11) is 2.05. The minimum Gasteiger partial charge on any atom is -0.308 e. The molecule has 1 aromatic rings. The molecule has 1 fully saturated rings. The van der Waals surface area contributed by atoms with Crippen LogP contribution in [0.2, 0.25) is 0 Å². The van der Waals surface area contributed by atoms with Crippen LogP contribution >= 0.6 is 23.1 Å². The van der Waals surface area contributed by atoms with Crippen molar-refractivity contribution in [2.75, 3.05) is 18.6 Å². The van der Waals surface area contributed by atoms with Crippen LogP contribution in [0.15, 0.2) is 11.6 Å². The van der Waals surface area contributed by atoms with Crippen molar-refractivity contribution in [1.82, 2.24) is 10.3 Å². The van der Waals surface area contributed by atoms with Crippen molar-refractivity contribution >= 4 is 23.1 Å². The van der Waals surface area contributed by atoms with Crippen molar-refractivity contribution in [3.05, 3.63) is 16.6 Å². The molecule has 0 saturated carbocycles. The number of thioether (sulfide) groups is 1. The highest BCUT2D eigenvalue weighted by Crippen LogP contribution is 2.36. The summed E-state index contributed by atoms with van der Waals surface area (Å²) in [6.07, 6.45) is 4.32. The lowest BCUT2D eigenvalue weighted by Crippen LogP contribution is -2.42. The molecule has 0 unspecified atom stereocenters. The number of rotatable bonds is 2. The van der Waals surface area contributed by atoms with Crippen LogP contribution in [0.1, 0.15) is 17.8 Å². The number of aromatic nitrogens is 1. The summed E-state index contributed by atoms with van der Waals surface area (Å²) < 4.78 is 0. The minimum absolute atomic E-state index is 0.180. The first-order valence-corrected chi connectivity index (χ1v) is 6.57. The molecule has 4 heteroatoms. The van der Waals surface area contributed by atoms with E-state index in [1.807, 2.05) is 18.0 Å². The van der Waals surface area contributed by atoms with Gasteiger partial charge in [-0.3, -0.25) is 0 Å². The fourth-order valence-electron chi connectivity index (χ4n) is 1.75. The Morgan fingerprint density at radius 1 is 1.46 bits per heavy atom. The fraction of sp³-hybridized carbons (Fsp3) is 0.667. The maximum absolute atomic E-state index is 4.43. The third-order valence-electron chi connectivity index (χ3n) is 2.67. The van der Waals surface area contributed by atoms with Crippen molar-refractivity contribution in [1.29, 1.82) is 0 Å². The molecule has 0 radical (unpaired) electrons. The summed E-state index contributed by atoms with van der Waals surface area (Å²) in [6.45, 7) is 0. The first-order chi connectivity index (χ1) is 6.37. The Morgan fingerprint density at radius 3 is 2.77 bits per heavy atom. The summed E-state index contributed by atoms with van der Waals surface area (Å²) in [5, 5.41) is 6.78. The molecule has 1 aromatic heterocycles. The molecule has 0 amide bonds. The quantitative estimate of drug-likeness (QED) is 0.816. The number of nitrogens with one attached hydrogen (secondary N) is 1. The van der Waals surface area contributed by atoms with E-state index in [4.69, 9.17) is 0 Å². The molecule has 2 rings (SSSR count). The zero-order chi connectivity index (χ0) is 9.15. The predicted molar refractivity (Wildman–Crippen MR) is 59.4 cm³/mol. The van der Waals surface area contributed by atoms with Gasteiger partial charge in [-0.1, -0.05) is 0 Å². The second-order valence-electron chi connectivity index (χ2n) is 3.28. The van der Waals surface area contributed by atoms with Crippen molar-refractivity contribution in [3.8, 4) is 0 Å². The number of hydrogen-bond donors (Lipinski definition) is 1. The SMILES string of the molecule is CNC1(c2nccs2)CCSCC1.